The van der Waals surface area contributed by atoms with Crippen molar-refractivity contribution in [2.24, 2.45) is 0 Å². The zero-order chi connectivity index (χ0) is 12.5. The summed E-state index contributed by atoms with van der Waals surface area (Å²) in [6.07, 6.45) is -4.63. The van der Waals surface area contributed by atoms with Gasteiger partial charge in [-0.3, -0.25) is 4.79 Å². The molecule has 0 spiro atoms. The maximum Gasteiger partial charge on any atom is 0.409 e. The van der Waals surface area contributed by atoms with Crippen LogP contribution in [0.4, 0.5) is 18.9 Å². The highest BCUT2D eigenvalue weighted by Gasteiger charge is 2.46. The van der Waals surface area contributed by atoms with E-state index in [-0.39, 0.29) is 18.7 Å². The second kappa shape index (κ2) is 4.39. The number of alkyl halides is 3. The third-order valence-corrected chi connectivity index (χ3v) is 2.89. The monoisotopic (exact) mass is 243 g/mol. The Hall–Kier alpha value is -1.52. The molecule has 1 atom stereocenters. The van der Waals surface area contributed by atoms with Crippen LogP contribution in [-0.2, 0) is 4.79 Å². The molecule has 1 fully saturated rings. The number of carbonyl (C=O) groups excluding carboxylic acids is 1. The molecule has 0 radical (unpaired) electrons. The Kier molecular flexibility index (Phi) is 3.09. The number of ketones is 1. The number of halogens is 3. The van der Waals surface area contributed by atoms with Crippen molar-refractivity contribution in [1.29, 1.82) is 0 Å². The predicted molar refractivity (Wildman–Crippen MR) is 57.9 cm³/mol. The zero-order valence-corrected chi connectivity index (χ0v) is 9.07. The first-order chi connectivity index (χ1) is 7.98. The minimum Gasteiger partial charge on any atom is -0.359 e. The van der Waals surface area contributed by atoms with Crippen LogP contribution < -0.4 is 4.90 Å². The lowest BCUT2D eigenvalue weighted by molar-refractivity contribution is -0.158. The van der Waals surface area contributed by atoms with E-state index in [0.29, 0.717) is 5.69 Å². The number of hydrogen-bond donors (Lipinski definition) is 0. The lowest BCUT2D eigenvalue weighted by atomic mass is 9.99. The van der Waals surface area contributed by atoms with Crippen LogP contribution in [0.5, 0.6) is 0 Å². The van der Waals surface area contributed by atoms with Crippen molar-refractivity contribution in [1.82, 2.24) is 0 Å². The minimum absolute atomic E-state index is 0.132. The van der Waals surface area contributed by atoms with Crippen LogP contribution in [0.3, 0.4) is 0 Å². The van der Waals surface area contributed by atoms with E-state index in [4.69, 9.17) is 0 Å². The van der Waals surface area contributed by atoms with E-state index in [0.717, 1.165) is 0 Å². The summed E-state index contributed by atoms with van der Waals surface area (Å²) >= 11 is 0. The third kappa shape index (κ3) is 2.60. The van der Waals surface area contributed by atoms with Gasteiger partial charge in [-0.2, -0.15) is 13.2 Å². The number of hydrogen-bond acceptors (Lipinski definition) is 2. The van der Waals surface area contributed by atoms with Crippen LogP contribution in [0.2, 0.25) is 0 Å². The molecule has 2 nitrogen and oxygen atoms in total. The Morgan fingerprint density at radius 3 is 2.41 bits per heavy atom. The summed E-state index contributed by atoms with van der Waals surface area (Å²) in [7, 11) is 0. The van der Waals surface area contributed by atoms with Crippen LogP contribution in [0, 0.1) is 0 Å². The van der Waals surface area contributed by atoms with Crippen LogP contribution in [0.25, 0.3) is 0 Å². The molecule has 0 aliphatic carbocycles. The van der Waals surface area contributed by atoms with E-state index >= 15 is 0 Å². The fourth-order valence-corrected chi connectivity index (χ4v) is 2.05. The molecule has 1 aliphatic rings. The molecule has 17 heavy (non-hydrogen) atoms. The highest BCUT2D eigenvalue weighted by Crippen LogP contribution is 2.33. The van der Waals surface area contributed by atoms with Gasteiger partial charge in [-0.15, -0.1) is 0 Å². The molecule has 0 aromatic heterocycles. The smallest absolute Gasteiger partial charge is 0.359 e. The molecule has 0 amide bonds. The van der Waals surface area contributed by atoms with Crippen molar-refractivity contribution in [3.05, 3.63) is 30.3 Å². The molecule has 0 N–H and O–H groups in total. The fourth-order valence-electron chi connectivity index (χ4n) is 2.05. The summed E-state index contributed by atoms with van der Waals surface area (Å²) < 4.78 is 38.6. The molecule has 1 aromatic carbocycles. The van der Waals surface area contributed by atoms with Gasteiger partial charge in [0, 0.05) is 25.1 Å². The van der Waals surface area contributed by atoms with Gasteiger partial charge in [-0.25, -0.2) is 0 Å². The number of nitrogens with zero attached hydrogens (tertiary/aromatic N) is 1. The summed E-state index contributed by atoms with van der Waals surface area (Å²) in [5.74, 6) is -0.320. The molecule has 1 aromatic rings. The van der Waals surface area contributed by atoms with Gasteiger partial charge < -0.3 is 4.90 Å². The maximum atomic E-state index is 12.9. The molecule has 92 valence electrons. The number of carbonyl (C=O) groups is 1. The number of Topliss-reactive ketones (excluding diaryl/α,β-unsaturated/α-hetero) is 1. The first-order valence-corrected chi connectivity index (χ1v) is 5.38. The van der Waals surface area contributed by atoms with E-state index in [1.54, 1.807) is 30.3 Å². The Morgan fingerprint density at radius 2 is 1.82 bits per heavy atom. The SMILES string of the molecule is O=C1CCN(c2ccccc2)C(C(F)(F)F)C1. The third-order valence-electron chi connectivity index (χ3n) is 2.89. The van der Waals surface area contributed by atoms with E-state index in [1.807, 2.05) is 0 Å². The van der Waals surface area contributed by atoms with Gasteiger partial charge in [0.15, 0.2) is 0 Å². The first kappa shape index (κ1) is 12.0. The minimum atomic E-state index is -4.37. The molecule has 1 saturated heterocycles. The van der Waals surface area contributed by atoms with E-state index in [1.165, 1.54) is 4.90 Å². The van der Waals surface area contributed by atoms with Gasteiger partial charge in [0.2, 0.25) is 0 Å². The van der Waals surface area contributed by atoms with Gasteiger partial charge in [0.25, 0.3) is 0 Å². The summed E-state index contributed by atoms with van der Waals surface area (Å²) in [6.45, 7) is 0.132. The second-order valence-electron chi connectivity index (χ2n) is 4.08. The summed E-state index contributed by atoms with van der Waals surface area (Å²) in [4.78, 5) is 12.4. The summed E-state index contributed by atoms with van der Waals surface area (Å²) in [6, 6.07) is 6.72. The maximum absolute atomic E-state index is 12.9. The van der Waals surface area contributed by atoms with E-state index < -0.39 is 18.6 Å². The molecule has 1 heterocycles. The molecular weight excluding hydrogens is 231 g/mol. The molecule has 5 heteroatoms. The normalized spacial score (nSPS) is 21.7. The van der Waals surface area contributed by atoms with Crippen molar-refractivity contribution in [3.8, 4) is 0 Å². The topological polar surface area (TPSA) is 20.3 Å². The number of benzene rings is 1. The fraction of sp³-hybridized carbons (Fsp3) is 0.417. The lowest BCUT2D eigenvalue weighted by Gasteiger charge is -2.37. The number of rotatable bonds is 1. The van der Waals surface area contributed by atoms with Crippen LogP contribution in [0.1, 0.15) is 12.8 Å². The van der Waals surface area contributed by atoms with Crippen molar-refractivity contribution in [2.45, 2.75) is 25.1 Å². The Balaban J connectivity index is 2.28. The number of para-hydroxylation sites is 1. The van der Waals surface area contributed by atoms with Gasteiger partial charge in [0.05, 0.1) is 0 Å². The van der Waals surface area contributed by atoms with Gasteiger partial charge in [0.1, 0.15) is 11.8 Å². The highest BCUT2D eigenvalue weighted by atomic mass is 19.4. The highest BCUT2D eigenvalue weighted by molar-refractivity contribution is 5.82. The zero-order valence-electron chi connectivity index (χ0n) is 9.07. The molecule has 0 saturated carbocycles. The van der Waals surface area contributed by atoms with Crippen molar-refractivity contribution < 1.29 is 18.0 Å². The summed E-state index contributed by atoms with van der Waals surface area (Å²) in [5, 5.41) is 0. The standard InChI is InChI=1S/C12H12F3NO/c13-12(14,15)11-8-10(17)6-7-16(11)9-4-2-1-3-5-9/h1-5,11H,6-8H2. The van der Waals surface area contributed by atoms with Crippen LogP contribution in [0.15, 0.2) is 30.3 Å². The molecule has 2 rings (SSSR count). The number of piperidine rings is 1. The predicted octanol–water partition coefficient (Wildman–Crippen LogP) is 2.79. The Bertz CT molecular complexity index is 402. The quantitative estimate of drug-likeness (QED) is 0.756. The summed E-state index contributed by atoms with van der Waals surface area (Å²) in [5.41, 5.74) is 0.516. The van der Waals surface area contributed by atoms with Gasteiger partial charge in [-0.1, -0.05) is 18.2 Å². The second-order valence-corrected chi connectivity index (χ2v) is 4.08. The van der Waals surface area contributed by atoms with E-state index in [2.05, 4.69) is 0 Å². The Morgan fingerprint density at radius 1 is 1.18 bits per heavy atom. The average Bonchev–Trinajstić information content (AvgIpc) is 2.29. The van der Waals surface area contributed by atoms with E-state index in [9.17, 15) is 18.0 Å². The van der Waals surface area contributed by atoms with Crippen LogP contribution in [-0.4, -0.2) is 24.5 Å². The molecular formula is C12H12F3NO. The molecule has 1 unspecified atom stereocenters. The molecule has 0 bridgehead atoms. The van der Waals surface area contributed by atoms with Crippen molar-refractivity contribution in [2.75, 3.05) is 11.4 Å². The average molecular weight is 243 g/mol. The van der Waals surface area contributed by atoms with Crippen LogP contribution >= 0.6 is 0 Å². The molecule has 1 aliphatic heterocycles. The Labute approximate surface area is 97.0 Å². The number of anilines is 1. The van der Waals surface area contributed by atoms with Crippen molar-refractivity contribution in [3.63, 3.8) is 0 Å². The van der Waals surface area contributed by atoms with Gasteiger partial charge in [-0.05, 0) is 12.1 Å². The first-order valence-electron chi connectivity index (χ1n) is 5.38. The van der Waals surface area contributed by atoms with Gasteiger partial charge >= 0.3 is 6.18 Å². The largest absolute Gasteiger partial charge is 0.409 e. The lowest BCUT2D eigenvalue weighted by Crippen LogP contribution is -2.51. The van der Waals surface area contributed by atoms with Crippen molar-refractivity contribution >= 4 is 11.5 Å².